The molecule has 0 atom stereocenters. The molecule has 3 nitrogen and oxygen atoms in total. The summed E-state index contributed by atoms with van der Waals surface area (Å²) < 4.78 is 0. The van der Waals surface area contributed by atoms with Gasteiger partial charge in [0.2, 0.25) is 0 Å². The van der Waals surface area contributed by atoms with Crippen LogP contribution in [0.2, 0.25) is 0 Å². The number of guanidine groups is 1. The molecule has 0 bridgehead atoms. The van der Waals surface area contributed by atoms with Gasteiger partial charge >= 0.3 is 0 Å². The van der Waals surface area contributed by atoms with Gasteiger partial charge < -0.3 is 10.6 Å². The predicted octanol–water partition coefficient (Wildman–Crippen LogP) is 2.67. The van der Waals surface area contributed by atoms with E-state index in [1.807, 2.05) is 30.3 Å². The molecule has 1 rings (SSSR count). The average Bonchev–Trinajstić information content (AvgIpc) is 2.16. The van der Waals surface area contributed by atoms with Gasteiger partial charge in [-0.1, -0.05) is 18.2 Å². The molecule has 3 heteroatoms. The van der Waals surface area contributed by atoms with Gasteiger partial charge in [0.1, 0.15) is 0 Å². The molecular formula is C13H21N3. The number of rotatable bonds is 3. The van der Waals surface area contributed by atoms with Crippen LogP contribution in [0.5, 0.6) is 0 Å². The summed E-state index contributed by atoms with van der Waals surface area (Å²) in [4.78, 5) is 4.53. The summed E-state index contributed by atoms with van der Waals surface area (Å²) in [5.41, 5.74) is 0.957. The molecule has 0 unspecified atom stereocenters. The van der Waals surface area contributed by atoms with Crippen LogP contribution in [0.4, 0.5) is 5.69 Å². The van der Waals surface area contributed by atoms with Gasteiger partial charge in [0.25, 0.3) is 0 Å². The molecule has 0 amide bonds. The molecule has 2 N–H and O–H groups in total. The Morgan fingerprint density at radius 3 is 1.88 bits per heavy atom. The zero-order chi connectivity index (χ0) is 12.0. The van der Waals surface area contributed by atoms with Crippen LogP contribution in [0, 0.1) is 0 Å². The molecule has 0 aliphatic heterocycles. The summed E-state index contributed by atoms with van der Waals surface area (Å²) in [6, 6.07) is 10.7. The standard InChI is InChI=1S/C13H21N3/c1-10(2)14-13(15-11(3)4)16-12-8-6-5-7-9-12/h5-11H,1-4H3,(H2,14,15,16). The maximum absolute atomic E-state index is 4.53. The van der Waals surface area contributed by atoms with Gasteiger partial charge in [-0.3, -0.25) is 0 Å². The molecule has 88 valence electrons. The van der Waals surface area contributed by atoms with Crippen molar-refractivity contribution in [3.8, 4) is 0 Å². The van der Waals surface area contributed by atoms with Crippen molar-refractivity contribution in [3.63, 3.8) is 0 Å². The van der Waals surface area contributed by atoms with E-state index in [1.54, 1.807) is 0 Å². The highest BCUT2D eigenvalue weighted by atomic mass is 15.2. The van der Waals surface area contributed by atoms with E-state index in [9.17, 15) is 0 Å². The van der Waals surface area contributed by atoms with E-state index in [1.165, 1.54) is 0 Å². The van der Waals surface area contributed by atoms with Crippen LogP contribution < -0.4 is 10.6 Å². The number of nitrogens with zero attached hydrogens (tertiary/aromatic N) is 1. The Labute approximate surface area is 98.0 Å². The van der Waals surface area contributed by atoms with Crippen LogP contribution >= 0.6 is 0 Å². The first-order chi connectivity index (χ1) is 7.58. The van der Waals surface area contributed by atoms with E-state index in [2.05, 4.69) is 43.3 Å². The maximum Gasteiger partial charge on any atom is 0.196 e. The van der Waals surface area contributed by atoms with Crippen LogP contribution in [-0.2, 0) is 0 Å². The molecule has 0 saturated carbocycles. The Morgan fingerprint density at radius 2 is 1.44 bits per heavy atom. The zero-order valence-electron chi connectivity index (χ0n) is 10.5. The van der Waals surface area contributed by atoms with E-state index in [0.29, 0.717) is 12.1 Å². The summed E-state index contributed by atoms with van der Waals surface area (Å²) >= 11 is 0. The lowest BCUT2D eigenvalue weighted by atomic mass is 10.3. The first kappa shape index (κ1) is 12.6. The van der Waals surface area contributed by atoms with Crippen LogP contribution in [-0.4, -0.2) is 18.0 Å². The first-order valence-corrected chi connectivity index (χ1v) is 5.74. The summed E-state index contributed by atoms with van der Waals surface area (Å²) in [7, 11) is 0. The van der Waals surface area contributed by atoms with Crippen molar-refractivity contribution in [2.45, 2.75) is 39.8 Å². The second-order valence-corrected chi connectivity index (χ2v) is 4.39. The molecule has 0 saturated heterocycles. The van der Waals surface area contributed by atoms with Crippen molar-refractivity contribution in [1.82, 2.24) is 10.6 Å². The highest BCUT2D eigenvalue weighted by molar-refractivity contribution is 5.83. The van der Waals surface area contributed by atoms with E-state index in [-0.39, 0.29) is 0 Å². The quantitative estimate of drug-likeness (QED) is 0.605. The van der Waals surface area contributed by atoms with Gasteiger partial charge in [0, 0.05) is 12.1 Å². The third-order valence-corrected chi connectivity index (χ3v) is 1.85. The van der Waals surface area contributed by atoms with Gasteiger partial charge in [-0.05, 0) is 39.8 Å². The molecule has 0 aliphatic rings. The summed E-state index contributed by atoms with van der Waals surface area (Å²) in [5.74, 6) is 0.830. The Balaban J connectivity index is 2.79. The van der Waals surface area contributed by atoms with E-state index < -0.39 is 0 Å². The van der Waals surface area contributed by atoms with E-state index in [4.69, 9.17) is 0 Å². The SMILES string of the molecule is CC(C)NC(=Nc1ccccc1)NC(C)C. The lowest BCUT2D eigenvalue weighted by molar-refractivity contribution is 0.661. The minimum atomic E-state index is 0.369. The number of hydrogen-bond donors (Lipinski definition) is 2. The predicted molar refractivity (Wildman–Crippen MR) is 70.1 cm³/mol. The number of benzene rings is 1. The number of hydrogen-bond acceptors (Lipinski definition) is 1. The largest absolute Gasteiger partial charge is 0.354 e. The third kappa shape index (κ3) is 4.82. The van der Waals surface area contributed by atoms with Gasteiger partial charge in [0.05, 0.1) is 5.69 Å². The third-order valence-electron chi connectivity index (χ3n) is 1.85. The molecule has 16 heavy (non-hydrogen) atoms. The average molecular weight is 219 g/mol. The summed E-state index contributed by atoms with van der Waals surface area (Å²) in [5, 5.41) is 6.60. The fraction of sp³-hybridized carbons (Fsp3) is 0.462. The van der Waals surface area contributed by atoms with Gasteiger partial charge in [-0.25, -0.2) is 4.99 Å². The zero-order valence-corrected chi connectivity index (χ0v) is 10.5. The molecule has 1 aromatic carbocycles. The van der Waals surface area contributed by atoms with Crippen molar-refractivity contribution in [1.29, 1.82) is 0 Å². The molecular weight excluding hydrogens is 198 g/mol. The number of para-hydroxylation sites is 1. The van der Waals surface area contributed by atoms with Crippen LogP contribution in [0.15, 0.2) is 35.3 Å². The molecule has 0 radical (unpaired) electrons. The monoisotopic (exact) mass is 219 g/mol. The Bertz CT molecular complexity index is 316. The van der Waals surface area contributed by atoms with Crippen molar-refractivity contribution >= 4 is 11.6 Å². The first-order valence-electron chi connectivity index (χ1n) is 5.74. The lowest BCUT2D eigenvalue weighted by Crippen LogP contribution is -2.43. The van der Waals surface area contributed by atoms with Crippen molar-refractivity contribution in [2.24, 2.45) is 4.99 Å². The minimum absolute atomic E-state index is 0.369. The lowest BCUT2D eigenvalue weighted by Gasteiger charge is -2.17. The normalized spacial score (nSPS) is 10.4. The fourth-order valence-corrected chi connectivity index (χ4v) is 1.28. The Hall–Kier alpha value is -1.51. The fourth-order valence-electron chi connectivity index (χ4n) is 1.28. The second kappa shape index (κ2) is 6.16. The van der Waals surface area contributed by atoms with Crippen molar-refractivity contribution < 1.29 is 0 Å². The van der Waals surface area contributed by atoms with E-state index >= 15 is 0 Å². The molecule has 0 heterocycles. The number of aliphatic imine (C=N–C) groups is 1. The molecule has 1 aromatic rings. The Kier molecular flexibility index (Phi) is 4.83. The van der Waals surface area contributed by atoms with Crippen LogP contribution in [0.25, 0.3) is 0 Å². The Morgan fingerprint density at radius 1 is 0.938 bits per heavy atom. The van der Waals surface area contributed by atoms with Gasteiger partial charge in [0.15, 0.2) is 5.96 Å². The molecule has 0 spiro atoms. The molecule has 0 aliphatic carbocycles. The smallest absolute Gasteiger partial charge is 0.196 e. The molecule has 0 fully saturated rings. The summed E-state index contributed by atoms with van der Waals surface area (Å²) in [6.45, 7) is 8.40. The molecule has 0 aromatic heterocycles. The van der Waals surface area contributed by atoms with Gasteiger partial charge in [-0.15, -0.1) is 0 Å². The maximum atomic E-state index is 4.53. The van der Waals surface area contributed by atoms with Crippen molar-refractivity contribution in [3.05, 3.63) is 30.3 Å². The topological polar surface area (TPSA) is 36.4 Å². The highest BCUT2D eigenvalue weighted by Crippen LogP contribution is 2.09. The number of nitrogens with one attached hydrogen (secondary N) is 2. The highest BCUT2D eigenvalue weighted by Gasteiger charge is 2.02. The van der Waals surface area contributed by atoms with Crippen LogP contribution in [0.1, 0.15) is 27.7 Å². The van der Waals surface area contributed by atoms with Crippen molar-refractivity contribution in [2.75, 3.05) is 0 Å². The van der Waals surface area contributed by atoms with Crippen LogP contribution in [0.3, 0.4) is 0 Å². The van der Waals surface area contributed by atoms with Gasteiger partial charge in [-0.2, -0.15) is 0 Å². The summed E-state index contributed by atoms with van der Waals surface area (Å²) in [6.07, 6.45) is 0. The van der Waals surface area contributed by atoms with E-state index in [0.717, 1.165) is 11.6 Å². The minimum Gasteiger partial charge on any atom is -0.354 e. The second-order valence-electron chi connectivity index (χ2n) is 4.39.